The highest BCUT2D eigenvalue weighted by Crippen LogP contribution is 2.25. The fraction of sp³-hybridized carbons (Fsp3) is 0.250. The summed E-state index contributed by atoms with van der Waals surface area (Å²) in [4.78, 5) is 0. The first-order valence-electron chi connectivity index (χ1n) is 5.23. The SMILES string of the molecule is Cc1cccc(Cn2ncc(N)c2C(F)F)c1. The zero-order valence-electron chi connectivity index (χ0n) is 9.40. The summed E-state index contributed by atoms with van der Waals surface area (Å²) in [7, 11) is 0. The van der Waals surface area contributed by atoms with Crippen LogP contribution in [0.4, 0.5) is 14.5 Å². The van der Waals surface area contributed by atoms with Gasteiger partial charge in [-0.1, -0.05) is 29.8 Å². The molecule has 0 radical (unpaired) electrons. The predicted molar refractivity (Wildman–Crippen MR) is 61.9 cm³/mol. The molecule has 3 nitrogen and oxygen atoms in total. The van der Waals surface area contributed by atoms with Crippen LogP contribution >= 0.6 is 0 Å². The van der Waals surface area contributed by atoms with Crippen LogP contribution in [0.15, 0.2) is 30.5 Å². The summed E-state index contributed by atoms with van der Waals surface area (Å²) < 4.78 is 26.8. The lowest BCUT2D eigenvalue weighted by Gasteiger charge is -2.08. The molecule has 0 bridgehead atoms. The van der Waals surface area contributed by atoms with Crippen molar-refractivity contribution in [2.45, 2.75) is 19.9 Å². The van der Waals surface area contributed by atoms with Crippen molar-refractivity contribution in [3.8, 4) is 0 Å². The van der Waals surface area contributed by atoms with E-state index in [0.29, 0.717) is 6.54 Å². The van der Waals surface area contributed by atoms with E-state index in [1.807, 2.05) is 31.2 Å². The largest absolute Gasteiger partial charge is 0.396 e. The molecule has 0 aliphatic rings. The first kappa shape index (κ1) is 11.6. The van der Waals surface area contributed by atoms with Gasteiger partial charge in [-0.3, -0.25) is 4.68 Å². The summed E-state index contributed by atoms with van der Waals surface area (Å²) >= 11 is 0. The average Bonchev–Trinajstić information content (AvgIpc) is 2.59. The minimum atomic E-state index is -2.61. The van der Waals surface area contributed by atoms with Gasteiger partial charge >= 0.3 is 0 Å². The van der Waals surface area contributed by atoms with E-state index < -0.39 is 6.43 Å². The van der Waals surface area contributed by atoms with Crippen LogP contribution in [0.2, 0.25) is 0 Å². The van der Waals surface area contributed by atoms with Crippen molar-refractivity contribution in [3.63, 3.8) is 0 Å². The quantitative estimate of drug-likeness (QED) is 0.892. The molecule has 0 amide bonds. The molecule has 0 aliphatic heterocycles. The number of nitrogens with zero attached hydrogens (tertiary/aromatic N) is 2. The van der Waals surface area contributed by atoms with Gasteiger partial charge in [0.15, 0.2) is 0 Å². The van der Waals surface area contributed by atoms with Crippen molar-refractivity contribution in [3.05, 3.63) is 47.3 Å². The second-order valence-electron chi connectivity index (χ2n) is 3.93. The molecule has 0 saturated carbocycles. The molecule has 0 spiro atoms. The lowest BCUT2D eigenvalue weighted by molar-refractivity contribution is 0.140. The molecule has 1 heterocycles. The van der Waals surface area contributed by atoms with Crippen molar-refractivity contribution < 1.29 is 8.78 Å². The van der Waals surface area contributed by atoms with Crippen molar-refractivity contribution in [2.24, 2.45) is 0 Å². The highest BCUT2D eigenvalue weighted by Gasteiger charge is 2.18. The van der Waals surface area contributed by atoms with Crippen molar-refractivity contribution in [1.29, 1.82) is 0 Å². The average molecular weight is 237 g/mol. The Hall–Kier alpha value is -1.91. The third-order valence-corrected chi connectivity index (χ3v) is 2.53. The fourth-order valence-electron chi connectivity index (χ4n) is 1.76. The number of alkyl halides is 2. The Kier molecular flexibility index (Phi) is 3.08. The fourth-order valence-corrected chi connectivity index (χ4v) is 1.76. The van der Waals surface area contributed by atoms with Gasteiger partial charge in [-0.05, 0) is 12.5 Å². The predicted octanol–water partition coefficient (Wildman–Crippen LogP) is 2.76. The van der Waals surface area contributed by atoms with Crippen molar-refractivity contribution in [2.75, 3.05) is 5.73 Å². The van der Waals surface area contributed by atoms with Crippen LogP contribution in [-0.4, -0.2) is 9.78 Å². The second-order valence-corrected chi connectivity index (χ2v) is 3.93. The molecule has 0 aliphatic carbocycles. The van der Waals surface area contributed by atoms with E-state index in [4.69, 9.17) is 5.73 Å². The number of hydrogen-bond donors (Lipinski definition) is 1. The number of nitrogens with two attached hydrogens (primary N) is 1. The van der Waals surface area contributed by atoms with Gasteiger partial charge in [0.25, 0.3) is 6.43 Å². The van der Waals surface area contributed by atoms with Gasteiger partial charge in [-0.15, -0.1) is 0 Å². The van der Waals surface area contributed by atoms with Gasteiger partial charge in [0.1, 0.15) is 5.69 Å². The van der Waals surface area contributed by atoms with E-state index in [1.54, 1.807) is 0 Å². The third-order valence-electron chi connectivity index (χ3n) is 2.53. The summed E-state index contributed by atoms with van der Waals surface area (Å²) in [6.45, 7) is 2.26. The molecular formula is C12H13F2N3. The Bertz CT molecular complexity index is 520. The minimum Gasteiger partial charge on any atom is -0.396 e. The second kappa shape index (κ2) is 4.53. The minimum absolute atomic E-state index is 0.0349. The molecule has 2 N–H and O–H groups in total. The number of hydrogen-bond acceptors (Lipinski definition) is 2. The van der Waals surface area contributed by atoms with Gasteiger partial charge in [0.2, 0.25) is 0 Å². The number of aryl methyl sites for hydroxylation is 1. The first-order chi connectivity index (χ1) is 8.08. The molecule has 2 rings (SSSR count). The topological polar surface area (TPSA) is 43.8 Å². The lowest BCUT2D eigenvalue weighted by Crippen LogP contribution is -2.08. The first-order valence-corrected chi connectivity index (χ1v) is 5.23. The van der Waals surface area contributed by atoms with Crippen LogP contribution in [-0.2, 0) is 6.54 Å². The zero-order chi connectivity index (χ0) is 12.4. The van der Waals surface area contributed by atoms with E-state index in [2.05, 4.69) is 5.10 Å². The molecule has 1 aromatic heterocycles. The Morgan fingerprint density at radius 2 is 2.18 bits per heavy atom. The molecule has 90 valence electrons. The van der Waals surface area contributed by atoms with Gasteiger partial charge < -0.3 is 5.73 Å². The van der Waals surface area contributed by atoms with E-state index >= 15 is 0 Å². The number of nitrogen functional groups attached to an aromatic ring is 1. The Balaban J connectivity index is 2.30. The molecule has 17 heavy (non-hydrogen) atoms. The summed E-state index contributed by atoms with van der Waals surface area (Å²) in [5, 5.41) is 3.87. The normalized spacial score (nSPS) is 11.1. The molecule has 5 heteroatoms. The lowest BCUT2D eigenvalue weighted by atomic mass is 10.1. The van der Waals surface area contributed by atoms with Crippen LogP contribution in [0.25, 0.3) is 0 Å². The Morgan fingerprint density at radius 1 is 1.41 bits per heavy atom. The maximum Gasteiger partial charge on any atom is 0.282 e. The third kappa shape index (κ3) is 2.43. The highest BCUT2D eigenvalue weighted by molar-refractivity contribution is 5.42. The summed E-state index contributed by atoms with van der Waals surface area (Å²) in [6.07, 6.45) is -1.35. The molecule has 0 unspecified atom stereocenters. The van der Waals surface area contributed by atoms with E-state index in [9.17, 15) is 8.78 Å². The van der Waals surface area contributed by atoms with Crippen molar-refractivity contribution in [1.82, 2.24) is 9.78 Å². The molecule has 1 aromatic carbocycles. The van der Waals surface area contributed by atoms with E-state index in [1.165, 1.54) is 10.9 Å². The smallest absolute Gasteiger partial charge is 0.282 e. The number of rotatable bonds is 3. The standard InChI is InChI=1S/C12H13F2N3/c1-8-3-2-4-9(5-8)7-17-11(12(13)14)10(15)6-16-17/h2-6,12H,7,15H2,1H3. The molecule has 0 fully saturated rings. The monoisotopic (exact) mass is 237 g/mol. The van der Waals surface area contributed by atoms with Gasteiger partial charge in [-0.25, -0.2) is 8.78 Å². The Labute approximate surface area is 97.9 Å². The zero-order valence-corrected chi connectivity index (χ0v) is 9.40. The van der Waals surface area contributed by atoms with Gasteiger partial charge in [0.05, 0.1) is 18.4 Å². The van der Waals surface area contributed by atoms with Crippen LogP contribution in [0.5, 0.6) is 0 Å². The summed E-state index contributed by atoms with van der Waals surface area (Å²) in [6, 6.07) is 7.65. The Morgan fingerprint density at radius 3 is 2.82 bits per heavy atom. The molecule has 0 atom stereocenters. The van der Waals surface area contributed by atoms with E-state index in [-0.39, 0.29) is 11.4 Å². The van der Waals surface area contributed by atoms with Crippen LogP contribution in [0.3, 0.4) is 0 Å². The highest BCUT2D eigenvalue weighted by atomic mass is 19.3. The van der Waals surface area contributed by atoms with Crippen LogP contribution in [0, 0.1) is 6.92 Å². The van der Waals surface area contributed by atoms with E-state index in [0.717, 1.165) is 11.1 Å². The number of aromatic nitrogens is 2. The molecule has 0 saturated heterocycles. The number of anilines is 1. The van der Waals surface area contributed by atoms with Crippen molar-refractivity contribution >= 4 is 5.69 Å². The number of halogens is 2. The maximum atomic E-state index is 12.8. The maximum absolute atomic E-state index is 12.8. The molecular weight excluding hydrogens is 224 g/mol. The summed E-state index contributed by atoms with van der Waals surface area (Å²) in [5.41, 5.74) is 7.29. The van der Waals surface area contributed by atoms with Gasteiger partial charge in [0, 0.05) is 0 Å². The van der Waals surface area contributed by atoms with Crippen LogP contribution < -0.4 is 5.73 Å². The number of benzene rings is 1. The molecule has 2 aromatic rings. The van der Waals surface area contributed by atoms with Gasteiger partial charge in [-0.2, -0.15) is 5.10 Å². The van der Waals surface area contributed by atoms with Crippen LogP contribution in [0.1, 0.15) is 23.2 Å². The summed E-state index contributed by atoms with van der Waals surface area (Å²) in [5.74, 6) is 0.